The lowest BCUT2D eigenvalue weighted by molar-refractivity contribution is 1.05. The third-order valence-electron chi connectivity index (χ3n) is 17.0. The number of hydrogen-bond donors (Lipinski definition) is 0. The molecule has 9 heterocycles. The lowest BCUT2D eigenvalue weighted by Crippen LogP contribution is -2.03. The first-order chi connectivity index (χ1) is 40.2. The molecule has 8 nitrogen and oxygen atoms in total. The molecule has 19 aromatic rings. The summed E-state index contributed by atoms with van der Waals surface area (Å²) in [6.45, 7) is 0. The molecule has 0 saturated carbocycles. The summed E-state index contributed by atoms with van der Waals surface area (Å²) in [4.78, 5) is 16.0. The zero-order valence-electron chi connectivity index (χ0n) is 43.0. The van der Waals surface area contributed by atoms with Gasteiger partial charge in [-0.15, -0.1) is 22.7 Å². The summed E-state index contributed by atoms with van der Waals surface area (Å²) >= 11 is 3.61. The second-order valence-corrected chi connectivity index (χ2v) is 23.2. The number of pyridine rings is 2. The standard InChI is InChI=1S/C71H40N8S2/c1-8-23-53-43(16-1)44-17-2-9-24-54(44)75(53)61-35-33-42(64-50-21-4-11-26-56(50)78(66(61)64)69-67-48(36-38-72-69)46-19-5-13-30-62(46)80-67)41-32-34-57-51(40-41)45-18-3-10-25-55(45)76(57)59-28-15-29-60-65(59)79(71-74-52-22-7-12-27-58(52)77(60)71)70-68-49(37-39-73-70)47-20-6-14-31-63(47)81-68/h1-40H. The Morgan fingerprint density at radius 3 is 1.46 bits per heavy atom. The van der Waals surface area contributed by atoms with E-state index in [0.29, 0.717) is 0 Å². The number of aromatic nitrogens is 8. The van der Waals surface area contributed by atoms with E-state index < -0.39 is 0 Å². The Bertz CT molecular complexity index is 5880. The highest BCUT2D eigenvalue weighted by molar-refractivity contribution is 7.26. The summed E-state index contributed by atoms with van der Waals surface area (Å²) in [7, 11) is 0. The lowest BCUT2D eigenvalue weighted by atomic mass is 9.97. The van der Waals surface area contributed by atoms with Crippen LogP contribution < -0.4 is 0 Å². The molecule has 10 aromatic carbocycles. The van der Waals surface area contributed by atoms with Gasteiger partial charge in [0.2, 0.25) is 5.78 Å². The van der Waals surface area contributed by atoms with Crippen molar-refractivity contribution >= 4 is 156 Å². The molecule has 0 aliphatic rings. The molecule has 0 unspecified atom stereocenters. The Labute approximate surface area is 468 Å². The van der Waals surface area contributed by atoms with E-state index in [-0.39, 0.29) is 0 Å². The number of benzene rings is 10. The maximum Gasteiger partial charge on any atom is 0.222 e. The molecular weight excluding hydrogens is 1030 g/mol. The van der Waals surface area contributed by atoms with Crippen LogP contribution in [0.5, 0.6) is 0 Å². The molecule has 0 aliphatic heterocycles. The second-order valence-electron chi connectivity index (χ2n) is 21.1. The van der Waals surface area contributed by atoms with Gasteiger partial charge < -0.3 is 9.13 Å². The quantitative estimate of drug-likeness (QED) is 0.173. The fourth-order valence-electron chi connectivity index (χ4n) is 13.7. The maximum atomic E-state index is 5.40. The van der Waals surface area contributed by atoms with Crippen molar-refractivity contribution in [2.75, 3.05) is 0 Å². The maximum absolute atomic E-state index is 5.40. The highest BCUT2D eigenvalue weighted by Gasteiger charge is 2.28. The van der Waals surface area contributed by atoms with Crippen LogP contribution in [0.1, 0.15) is 0 Å². The first-order valence-electron chi connectivity index (χ1n) is 27.3. The van der Waals surface area contributed by atoms with Gasteiger partial charge in [-0.2, -0.15) is 0 Å². The number of hydrogen-bond acceptors (Lipinski definition) is 5. The molecule has 0 atom stereocenters. The third-order valence-corrected chi connectivity index (χ3v) is 19.4. The monoisotopic (exact) mass is 1070 g/mol. The van der Waals surface area contributed by atoms with Crippen molar-refractivity contribution in [1.29, 1.82) is 0 Å². The molecule has 10 heteroatoms. The van der Waals surface area contributed by atoms with E-state index in [4.69, 9.17) is 15.0 Å². The van der Waals surface area contributed by atoms with Gasteiger partial charge >= 0.3 is 0 Å². The van der Waals surface area contributed by atoms with Crippen molar-refractivity contribution in [1.82, 2.24) is 37.6 Å². The Balaban J connectivity index is 0.905. The second kappa shape index (κ2) is 16.1. The number of para-hydroxylation sites is 7. The van der Waals surface area contributed by atoms with Gasteiger partial charge in [0.25, 0.3) is 0 Å². The van der Waals surface area contributed by atoms with E-state index in [9.17, 15) is 0 Å². The van der Waals surface area contributed by atoms with Crippen molar-refractivity contribution in [2.45, 2.75) is 0 Å². The minimum absolute atomic E-state index is 0.825. The topological polar surface area (TPSA) is 62.8 Å². The lowest BCUT2D eigenvalue weighted by Gasteiger charge is -2.16. The normalized spacial score (nSPS) is 12.4. The van der Waals surface area contributed by atoms with Crippen molar-refractivity contribution in [3.63, 3.8) is 0 Å². The predicted octanol–water partition coefficient (Wildman–Crippen LogP) is 18.9. The zero-order valence-corrected chi connectivity index (χ0v) is 44.6. The number of rotatable bonds is 5. The van der Waals surface area contributed by atoms with Crippen LogP contribution in [0.2, 0.25) is 0 Å². The molecule has 19 rings (SSSR count). The van der Waals surface area contributed by atoms with Crippen LogP contribution in [0.3, 0.4) is 0 Å². The molecule has 376 valence electrons. The fourth-order valence-corrected chi connectivity index (χ4v) is 16.1. The van der Waals surface area contributed by atoms with Gasteiger partial charge in [-0.3, -0.25) is 13.5 Å². The molecule has 0 aliphatic carbocycles. The molecule has 0 bridgehead atoms. The SMILES string of the molecule is c1ccc2c(c1)nc1n(-c3nccc4c3sc3ccccc34)c3c(-n4c5ccccc5c5cc(-c6ccc(-n7c8ccccc8c8ccccc87)c7c6c6ccccc6n7-c6nccc7c6sc6ccccc67)ccc54)cccc3n21. The van der Waals surface area contributed by atoms with Crippen LogP contribution in [0.15, 0.2) is 243 Å². The van der Waals surface area contributed by atoms with Gasteiger partial charge in [0.15, 0.2) is 11.6 Å². The Morgan fingerprint density at radius 1 is 0.321 bits per heavy atom. The first kappa shape index (κ1) is 43.6. The zero-order chi connectivity index (χ0) is 52.6. The van der Waals surface area contributed by atoms with Crippen molar-refractivity contribution < 1.29 is 0 Å². The fraction of sp³-hybridized carbons (Fsp3) is 0. The van der Waals surface area contributed by atoms with E-state index in [1.54, 1.807) is 11.3 Å². The summed E-state index contributed by atoms with van der Waals surface area (Å²) in [5, 5.41) is 12.0. The highest BCUT2D eigenvalue weighted by atomic mass is 32.1. The van der Waals surface area contributed by atoms with Crippen molar-refractivity contribution in [3.05, 3.63) is 243 Å². The third kappa shape index (κ3) is 5.78. The van der Waals surface area contributed by atoms with Gasteiger partial charge in [0, 0.05) is 75.7 Å². The van der Waals surface area contributed by atoms with E-state index in [0.717, 1.165) is 104 Å². The first-order valence-corrected chi connectivity index (χ1v) is 28.9. The number of fused-ring (bicyclic) bond motifs is 20. The van der Waals surface area contributed by atoms with Gasteiger partial charge in [-0.1, -0.05) is 140 Å². The molecule has 0 N–H and O–H groups in total. The molecule has 0 amide bonds. The van der Waals surface area contributed by atoms with E-state index >= 15 is 0 Å². The molecular formula is C71H40N8S2. The van der Waals surface area contributed by atoms with E-state index in [1.807, 2.05) is 23.7 Å². The predicted molar refractivity (Wildman–Crippen MR) is 339 cm³/mol. The van der Waals surface area contributed by atoms with Gasteiger partial charge in [-0.25, -0.2) is 15.0 Å². The Hall–Kier alpha value is -10.4. The van der Waals surface area contributed by atoms with Crippen LogP contribution in [-0.4, -0.2) is 37.6 Å². The van der Waals surface area contributed by atoms with Crippen LogP contribution in [0.4, 0.5) is 0 Å². The molecule has 81 heavy (non-hydrogen) atoms. The van der Waals surface area contributed by atoms with Gasteiger partial charge in [0.1, 0.15) is 0 Å². The number of nitrogens with zero attached hydrogens (tertiary/aromatic N) is 8. The average Bonchev–Trinajstić information content (AvgIpc) is 4.45. The summed E-state index contributed by atoms with van der Waals surface area (Å²) in [6.07, 6.45) is 3.95. The average molecular weight is 1070 g/mol. The largest absolute Gasteiger partial charge is 0.307 e. The van der Waals surface area contributed by atoms with Crippen LogP contribution in [0, 0.1) is 0 Å². The minimum atomic E-state index is 0.825. The van der Waals surface area contributed by atoms with Crippen LogP contribution >= 0.6 is 22.7 Å². The van der Waals surface area contributed by atoms with E-state index in [1.165, 1.54) is 63.3 Å². The van der Waals surface area contributed by atoms with Crippen molar-refractivity contribution in [2.24, 2.45) is 0 Å². The van der Waals surface area contributed by atoms with Crippen LogP contribution in [-0.2, 0) is 0 Å². The molecule has 0 saturated heterocycles. The van der Waals surface area contributed by atoms with Gasteiger partial charge in [0.05, 0.1) is 75.9 Å². The Morgan fingerprint density at radius 2 is 0.815 bits per heavy atom. The summed E-state index contributed by atoms with van der Waals surface area (Å²) in [6, 6.07) is 84.1. The van der Waals surface area contributed by atoms with Crippen LogP contribution in [0.25, 0.3) is 168 Å². The summed E-state index contributed by atoms with van der Waals surface area (Å²) < 4.78 is 16.8. The smallest absolute Gasteiger partial charge is 0.222 e. The van der Waals surface area contributed by atoms with Crippen molar-refractivity contribution in [3.8, 4) is 34.1 Å². The van der Waals surface area contributed by atoms with E-state index in [2.05, 4.69) is 253 Å². The highest BCUT2D eigenvalue weighted by Crippen LogP contribution is 2.48. The Kier molecular flexibility index (Phi) is 8.67. The molecule has 9 aromatic heterocycles. The summed E-state index contributed by atoms with van der Waals surface area (Å²) in [5.41, 5.74) is 15.3. The number of thiophene rings is 2. The van der Waals surface area contributed by atoms with Gasteiger partial charge in [-0.05, 0) is 102 Å². The summed E-state index contributed by atoms with van der Waals surface area (Å²) in [5.74, 6) is 2.62. The molecule has 0 spiro atoms. The number of imidazole rings is 2. The molecule has 0 fully saturated rings. The molecule has 0 radical (unpaired) electrons. The minimum Gasteiger partial charge on any atom is -0.307 e.